The third kappa shape index (κ3) is 5.10. The van der Waals surface area contributed by atoms with Gasteiger partial charge in [0, 0.05) is 5.39 Å². The SMILES string of the molecule is CC(C)(C)c1ccc2[n-]c3c(-n4nc(-c5cccc(-c6cccc7c6[n-]c6ccccc67)n5)c5ccccc54)cc(C(C)(C)C)cc3c2c1.[Pt+2]. The van der Waals surface area contributed by atoms with Gasteiger partial charge >= 0.3 is 21.1 Å². The van der Waals surface area contributed by atoms with Crippen LogP contribution in [0.1, 0.15) is 52.7 Å². The van der Waals surface area contributed by atoms with E-state index in [0.717, 1.165) is 77.5 Å². The second kappa shape index (κ2) is 11.5. The van der Waals surface area contributed by atoms with Crippen LogP contribution in [0.2, 0.25) is 0 Å². The van der Waals surface area contributed by atoms with Crippen LogP contribution in [0.15, 0.2) is 115 Å². The van der Waals surface area contributed by atoms with Crippen LogP contribution in [-0.2, 0) is 31.9 Å². The van der Waals surface area contributed by atoms with Crippen LogP contribution < -0.4 is 9.97 Å². The predicted molar refractivity (Wildman–Crippen MR) is 204 cm³/mol. The molecule has 0 aliphatic carbocycles. The van der Waals surface area contributed by atoms with E-state index in [-0.39, 0.29) is 31.9 Å². The Labute approximate surface area is 306 Å². The Bertz CT molecular complexity index is 2750. The summed E-state index contributed by atoms with van der Waals surface area (Å²) in [5.41, 5.74) is 12.0. The first-order valence-electron chi connectivity index (χ1n) is 17.0. The van der Waals surface area contributed by atoms with Gasteiger partial charge in [-0.3, -0.25) is 0 Å². The van der Waals surface area contributed by atoms with Crippen LogP contribution in [0, 0.1) is 0 Å². The fourth-order valence-electron chi connectivity index (χ4n) is 7.14. The van der Waals surface area contributed by atoms with Crippen LogP contribution in [0.4, 0.5) is 0 Å². The van der Waals surface area contributed by atoms with E-state index in [2.05, 4.69) is 155 Å². The first kappa shape index (κ1) is 32.2. The summed E-state index contributed by atoms with van der Waals surface area (Å²) in [5.74, 6) is 0. The molecule has 0 aliphatic rings. The molecule has 5 aromatic carbocycles. The van der Waals surface area contributed by atoms with E-state index < -0.39 is 0 Å². The van der Waals surface area contributed by atoms with Crippen molar-refractivity contribution in [2.45, 2.75) is 52.4 Å². The van der Waals surface area contributed by atoms with Gasteiger partial charge in [0.1, 0.15) is 5.69 Å². The van der Waals surface area contributed by atoms with Crippen molar-refractivity contribution < 1.29 is 21.1 Å². The molecule has 248 valence electrons. The smallest absolute Gasteiger partial charge is 0.656 e. The van der Waals surface area contributed by atoms with Gasteiger partial charge in [0.25, 0.3) is 0 Å². The Kier molecular flexibility index (Phi) is 7.43. The summed E-state index contributed by atoms with van der Waals surface area (Å²) in [5, 5.41) is 11.0. The van der Waals surface area contributed by atoms with Gasteiger partial charge in [-0.25, -0.2) is 9.67 Å². The molecule has 0 spiro atoms. The van der Waals surface area contributed by atoms with Crippen molar-refractivity contribution in [2.24, 2.45) is 0 Å². The van der Waals surface area contributed by atoms with Gasteiger partial charge in [0.05, 0.1) is 22.6 Å². The number of hydrogen-bond donors (Lipinski definition) is 0. The van der Waals surface area contributed by atoms with Gasteiger partial charge < -0.3 is 9.97 Å². The fourth-order valence-corrected chi connectivity index (χ4v) is 7.14. The van der Waals surface area contributed by atoms with Crippen molar-refractivity contribution >= 4 is 54.5 Å². The van der Waals surface area contributed by atoms with Crippen molar-refractivity contribution in [3.05, 3.63) is 126 Å². The second-order valence-electron chi connectivity index (χ2n) is 15.3. The molecule has 50 heavy (non-hydrogen) atoms. The molecule has 0 saturated heterocycles. The summed E-state index contributed by atoms with van der Waals surface area (Å²) in [6.45, 7) is 13.6. The molecule has 0 fully saturated rings. The molecule has 0 saturated carbocycles. The number of nitrogens with zero attached hydrogens (tertiary/aromatic N) is 5. The third-order valence-electron chi connectivity index (χ3n) is 9.89. The number of benzene rings is 5. The van der Waals surface area contributed by atoms with Crippen LogP contribution in [0.3, 0.4) is 0 Å². The molecule has 0 atom stereocenters. The van der Waals surface area contributed by atoms with E-state index in [9.17, 15) is 0 Å². The Hall–Kier alpha value is -4.99. The van der Waals surface area contributed by atoms with Gasteiger partial charge in [0.15, 0.2) is 0 Å². The average Bonchev–Trinajstić information content (AvgIpc) is 3.78. The first-order chi connectivity index (χ1) is 23.5. The summed E-state index contributed by atoms with van der Waals surface area (Å²) < 4.78 is 2.08. The van der Waals surface area contributed by atoms with Crippen LogP contribution >= 0.6 is 0 Å². The van der Waals surface area contributed by atoms with Gasteiger partial charge in [-0.1, -0.05) is 133 Å². The van der Waals surface area contributed by atoms with Gasteiger partial charge in [-0.15, -0.1) is 22.1 Å². The molecule has 6 heteroatoms. The minimum absolute atomic E-state index is 0. The summed E-state index contributed by atoms with van der Waals surface area (Å²) in [6, 6.07) is 40.6. The summed E-state index contributed by atoms with van der Waals surface area (Å²) in [4.78, 5) is 15.5. The monoisotopic (exact) mass is 830 g/mol. The minimum atomic E-state index is -0.0729. The third-order valence-corrected chi connectivity index (χ3v) is 9.89. The number of hydrogen-bond acceptors (Lipinski definition) is 2. The van der Waals surface area contributed by atoms with Gasteiger partial charge in [0.2, 0.25) is 0 Å². The molecular weight excluding hydrogens is 794 g/mol. The van der Waals surface area contributed by atoms with Crippen molar-refractivity contribution in [1.29, 1.82) is 0 Å². The number of para-hydroxylation sites is 3. The van der Waals surface area contributed by atoms with Crippen LogP contribution in [0.25, 0.3) is 82.8 Å². The predicted octanol–water partition coefficient (Wildman–Crippen LogP) is 10.9. The zero-order valence-electron chi connectivity index (χ0n) is 29.0. The van der Waals surface area contributed by atoms with Crippen LogP contribution in [0.5, 0.6) is 0 Å². The maximum Gasteiger partial charge on any atom is 2.00 e. The topological polar surface area (TPSA) is 58.9 Å². The van der Waals surface area contributed by atoms with Crippen LogP contribution in [-0.4, -0.2) is 14.8 Å². The molecule has 0 unspecified atom stereocenters. The van der Waals surface area contributed by atoms with Crippen molar-refractivity contribution in [1.82, 2.24) is 24.7 Å². The Morgan fingerprint density at radius 1 is 0.520 bits per heavy atom. The van der Waals surface area contributed by atoms with E-state index in [1.54, 1.807) is 0 Å². The van der Waals surface area contributed by atoms with E-state index in [1.807, 2.05) is 6.07 Å². The Morgan fingerprint density at radius 3 is 1.96 bits per heavy atom. The Morgan fingerprint density at radius 2 is 1.16 bits per heavy atom. The number of rotatable bonds is 3. The van der Waals surface area contributed by atoms with Gasteiger partial charge in [-0.2, -0.15) is 5.10 Å². The molecule has 0 radical (unpaired) electrons. The minimum Gasteiger partial charge on any atom is -0.656 e. The molecule has 5 nitrogen and oxygen atoms in total. The molecule has 0 amide bonds. The van der Waals surface area contributed by atoms with Crippen molar-refractivity contribution in [2.75, 3.05) is 0 Å². The van der Waals surface area contributed by atoms with Crippen molar-refractivity contribution in [3.8, 4) is 28.3 Å². The summed E-state index contributed by atoms with van der Waals surface area (Å²) in [6.07, 6.45) is 0. The van der Waals surface area contributed by atoms with E-state index >= 15 is 0 Å². The van der Waals surface area contributed by atoms with Crippen molar-refractivity contribution in [3.63, 3.8) is 0 Å². The molecule has 0 bridgehead atoms. The maximum atomic E-state index is 5.36. The Balaban J connectivity index is 0.00000361. The molecule has 4 aromatic heterocycles. The molecule has 9 aromatic rings. The summed E-state index contributed by atoms with van der Waals surface area (Å²) >= 11 is 0. The van der Waals surface area contributed by atoms with E-state index in [0.29, 0.717) is 0 Å². The quantitative estimate of drug-likeness (QED) is 0.178. The van der Waals surface area contributed by atoms with E-state index in [1.165, 1.54) is 16.5 Å². The fraction of sp³-hybridized carbons (Fsp3) is 0.182. The molecular formula is C44H37N5Pt. The normalized spacial score (nSPS) is 12.4. The molecule has 0 aliphatic heterocycles. The average molecular weight is 831 g/mol. The zero-order valence-corrected chi connectivity index (χ0v) is 31.3. The number of pyridine rings is 1. The maximum absolute atomic E-state index is 5.36. The standard InChI is InChI=1S/C44H37N5.Pt/c1-43(2,3)26-21-22-36-32(23-26)33-24-27(44(4,5)6)25-39(42(33)47-36)49-38-20-10-8-14-31(38)41(48-49)37-19-12-18-35(45-37)30-16-11-15-29-28-13-7-9-17-34(28)46-40(29)30;/h7-25H,1-6H3;/q-2;+2. The van der Waals surface area contributed by atoms with E-state index in [4.69, 9.17) is 20.1 Å². The second-order valence-corrected chi connectivity index (χ2v) is 15.3. The number of fused-ring (bicyclic) bond motifs is 7. The summed E-state index contributed by atoms with van der Waals surface area (Å²) in [7, 11) is 0. The molecule has 9 rings (SSSR count). The molecule has 4 heterocycles. The zero-order chi connectivity index (χ0) is 33.7. The van der Waals surface area contributed by atoms with Gasteiger partial charge in [-0.05, 0) is 73.3 Å². The first-order valence-corrected chi connectivity index (χ1v) is 17.0. The molecule has 0 N–H and O–H groups in total. The largest absolute Gasteiger partial charge is 2.00 e. The number of aromatic nitrogens is 5.